The number of nitrogens with zero attached hydrogens (tertiary/aromatic N) is 1. The summed E-state index contributed by atoms with van der Waals surface area (Å²) in [7, 11) is 1.93. The molecule has 6 heteroatoms. The fourth-order valence-electron chi connectivity index (χ4n) is 2.29. The monoisotopic (exact) mass is 331 g/mol. The summed E-state index contributed by atoms with van der Waals surface area (Å²) in [6.45, 7) is 2.73. The first-order chi connectivity index (χ1) is 11.5. The zero-order valence-corrected chi connectivity index (χ0v) is 13.8. The lowest BCUT2D eigenvalue weighted by Crippen LogP contribution is -2.33. The molecule has 0 aromatic heterocycles. The molecule has 2 aromatic rings. The first-order valence-corrected chi connectivity index (χ1v) is 7.80. The van der Waals surface area contributed by atoms with Gasteiger partial charge in [0.1, 0.15) is 5.82 Å². The second kappa shape index (κ2) is 8.31. The summed E-state index contributed by atoms with van der Waals surface area (Å²) < 4.78 is 13.6. The Labute approximate surface area is 141 Å². The van der Waals surface area contributed by atoms with Crippen LogP contribution in [-0.2, 0) is 0 Å². The zero-order chi connectivity index (χ0) is 17.5. The van der Waals surface area contributed by atoms with Crippen molar-refractivity contribution < 1.29 is 14.3 Å². The second-order valence-electron chi connectivity index (χ2n) is 5.40. The Bertz CT molecular complexity index is 693. The third-order valence-electron chi connectivity index (χ3n) is 3.76. The quantitative estimate of drug-likeness (QED) is 0.762. The third-order valence-corrected chi connectivity index (χ3v) is 3.76. The summed E-state index contributed by atoms with van der Waals surface area (Å²) in [5, 5.41) is 15.3. The van der Waals surface area contributed by atoms with Crippen molar-refractivity contribution in [1.82, 2.24) is 5.32 Å². The van der Waals surface area contributed by atoms with Crippen LogP contribution in [0, 0.1) is 5.82 Å². The highest BCUT2D eigenvalue weighted by atomic mass is 19.1. The van der Waals surface area contributed by atoms with Crippen LogP contribution in [0.3, 0.4) is 0 Å². The van der Waals surface area contributed by atoms with Gasteiger partial charge in [-0.1, -0.05) is 30.3 Å². The molecule has 0 aliphatic rings. The molecule has 2 rings (SSSR count). The SMILES string of the molecule is CCN(C)c1ccccc1NC(=O)NCC(O)c1ccccc1F. The Morgan fingerprint density at radius 3 is 2.58 bits per heavy atom. The maximum Gasteiger partial charge on any atom is 0.319 e. The Kier molecular flexibility index (Phi) is 6.14. The lowest BCUT2D eigenvalue weighted by molar-refractivity contribution is 0.170. The molecule has 3 N–H and O–H groups in total. The number of hydrogen-bond acceptors (Lipinski definition) is 3. The van der Waals surface area contributed by atoms with Gasteiger partial charge in [0.15, 0.2) is 0 Å². The molecule has 0 spiro atoms. The first-order valence-electron chi connectivity index (χ1n) is 7.80. The number of halogens is 1. The summed E-state index contributed by atoms with van der Waals surface area (Å²) in [5.74, 6) is -0.498. The van der Waals surface area contributed by atoms with Gasteiger partial charge in [-0.05, 0) is 25.1 Å². The molecule has 0 radical (unpaired) electrons. The highest BCUT2D eigenvalue weighted by molar-refractivity contribution is 5.93. The van der Waals surface area contributed by atoms with Crippen LogP contribution in [0.1, 0.15) is 18.6 Å². The van der Waals surface area contributed by atoms with E-state index in [2.05, 4.69) is 10.6 Å². The van der Waals surface area contributed by atoms with Crippen molar-refractivity contribution in [3.63, 3.8) is 0 Å². The summed E-state index contributed by atoms with van der Waals surface area (Å²) in [6, 6.07) is 12.9. The second-order valence-corrected chi connectivity index (χ2v) is 5.40. The maximum atomic E-state index is 13.6. The molecule has 2 aromatic carbocycles. The van der Waals surface area contributed by atoms with E-state index < -0.39 is 18.0 Å². The average molecular weight is 331 g/mol. The molecule has 2 amide bonds. The largest absolute Gasteiger partial charge is 0.386 e. The number of rotatable bonds is 6. The molecule has 0 aliphatic heterocycles. The molecule has 0 aliphatic carbocycles. The summed E-state index contributed by atoms with van der Waals surface area (Å²) in [4.78, 5) is 14.1. The van der Waals surface area contributed by atoms with Gasteiger partial charge in [0.2, 0.25) is 0 Å². The Balaban J connectivity index is 1.96. The standard InChI is InChI=1S/C18H22FN3O2/c1-3-22(2)16-11-7-6-10-15(16)21-18(24)20-12-17(23)13-8-4-5-9-14(13)19/h4-11,17,23H,3,12H2,1-2H3,(H2,20,21,24). The highest BCUT2D eigenvalue weighted by Crippen LogP contribution is 2.24. The number of nitrogens with one attached hydrogen (secondary N) is 2. The van der Waals surface area contributed by atoms with Gasteiger partial charge in [0, 0.05) is 25.7 Å². The van der Waals surface area contributed by atoms with Gasteiger partial charge in [0.25, 0.3) is 0 Å². The van der Waals surface area contributed by atoms with E-state index in [9.17, 15) is 14.3 Å². The molecular formula is C18H22FN3O2. The van der Waals surface area contributed by atoms with Crippen molar-refractivity contribution in [2.45, 2.75) is 13.0 Å². The average Bonchev–Trinajstić information content (AvgIpc) is 2.60. The number of para-hydroxylation sites is 2. The van der Waals surface area contributed by atoms with Crippen molar-refractivity contribution in [3.8, 4) is 0 Å². The van der Waals surface area contributed by atoms with Crippen LogP contribution in [-0.4, -0.2) is 31.3 Å². The molecule has 0 saturated heterocycles. The number of benzene rings is 2. The van der Waals surface area contributed by atoms with Crippen LogP contribution < -0.4 is 15.5 Å². The number of urea groups is 1. The van der Waals surface area contributed by atoms with Crippen molar-refractivity contribution in [2.24, 2.45) is 0 Å². The van der Waals surface area contributed by atoms with Crippen LogP contribution >= 0.6 is 0 Å². The summed E-state index contributed by atoms with van der Waals surface area (Å²) in [5.41, 5.74) is 1.72. The minimum atomic E-state index is -1.11. The summed E-state index contributed by atoms with van der Waals surface area (Å²) >= 11 is 0. The Hall–Kier alpha value is -2.60. The van der Waals surface area contributed by atoms with E-state index in [1.54, 1.807) is 18.2 Å². The van der Waals surface area contributed by atoms with E-state index in [0.29, 0.717) is 5.69 Å². The number of amides is 2. The smallest absolute Gasteiger partial charge is 0.319 e. The normalized spacial score (nSPS) is 11.7. The molecule has 0 heterocycles. The van der Waals surface area contributed by atoms with Gasteiger partial charge in [-0.2, -0.15) is 0 Å². The number of carbonyl (C=O) groups is 1. The summed E-state index contributed by atoms with van der Waals surface area (Å²) in [6.07, 6.45) is -1.11. The van der Waals surface area contributed by atoms with Crippen LogP contribution in [0.25, 0.3) is 0 Å². The molecular weight excluding hydrogens is 309 g/mol. The van der Waals surface area contributed by atoms with E-state index in [-0.39, 0.29) is 12.1 Å². The van der Waals surface area contributed by atoms with Crippen LogP contribution in [0.15, 0.2) is 48.5 Å². The predicted molar refractivity (Wildman–Crippen MR) is 93.8 cm³/mol. The predicted octanol–water partition coefficient (Wildman–Crippen LogP) is 3.14. The number of aliphatic hydroxyl groups excluding tert-OH is 1. The number of carbonyl (C=O) groups excluding carboxylic acids is 1. The van der Waals surface area contributed by atoms with Crippen molar-refractivity contribution in [2.75, 3.05) is 30.4 Å². The topological polar surface area (TPSA) is 64.6 Å². The van der Waals surface area contributed by atoms with Crippen molar-refractivity contribution >= 4 is 17.4 Å². The third kappa shape index (κ3) is 4.45. The molecule has 128 valence electrons. The van der Waals surface area contributed by atoms with E-state index in [1.165, 1.54) is 12.1 Å². The van der Waals surface area contributed by atoms with E-state index >= 15 is 0 Å². The number of anilines is 2. The van der Waals surface area contributed by atoms with Gasteiger partial charge in [0.05, 0.1) is 17.5 Å². The molecule has 24 heavy (non-hydrogen) atoms. The minimum Gasteiger partial charge on any atom is -0.386 e. The lowest BCUT2D eigenvalue weighted by Gasteiger charge is -2.21. The van der Waals surface area contributed by atoms with Gasteiger partial charge in [-0.3, -0.25) is 0 Å². The molecule has 1 unspecified atom stereocenters. The molecule has 0 fully saturated rings. The Morgan fingerprint density at radius 1 is 1.21 bits per heavy atom. The highest BCUT2D eigenvalue weighted by Gasteiger charge is 2.14. The Morgan fingerprint density at radius 2 is 1.88 bits per heavy atom. The van der Waals surface area contributed by atoms with Crippen LogP contribution in [0.5, 0.6) is 0 Å². The fraction of sp³-hybridized carbons (Fsp3) is 0.278. The molecule has 1 atom stereocenters. The maximum absolute atomic E-state index is 13.6. The lowest BCUT2D eigenvalue weighted by atomic mass is 10.1. The van der Waals surface area contributed by atoms with Crippen LogP contribution in [0.2, 0.25) is 0 Å². The van der Waals surface area contributed by atoms with E-state index in [1.807, 2.05) is 37.1 Å². The van der Waals surface area contributed by atoms with Gasteiger partial charge >= 0.3 is 6.03 Å². The molecule has 0 saturated carbocycles. The molecule has 0 bridgehead atoms. The van der Waals surface area contributed by atoms with Gasteiger partial charge < -0.3 is 20.6 Å². The van der Waals surface area contributed by atoms with Gasteiger partial charge in [-0.25, -0.2) is 9.18 Å². The fourth-order valence-corrected chi connectivity index (χ4v) is 2.29. The van der Waals surface area contributed by atoms with Crippen molar-refractivity contribution in [1.29, 1.82) is 0 Å². The van der Waals surface area contributed by atoms with E-state index in [4.69, 9.17) is 0 Å². The zero-order valence-electron chi connectivity index (χ0n) is 13.8. The number of aliphatic hydroxyl groups is 1. The van der Waals surface area contributed by atoms with E-state index in [0.717, 1.165) is 12.2 Å². The van der Waals surface area contributed by atoms with Crippen molar-refractivity contribution in [3.05, 3.63) is 59.9 Å². The first kappa shape index (κ1) is 17.7. The minimum absolute atomic E-state index is 0.0848. The molecule has 5 nitrogen and oxygen atoms in total. The number of hydrogen-bond donors (Lipinski definition) is 3. The van der Waals surface area contributed by atoms with Gasteiger partial charge in [-0.15, -0.1) is 0 Å². The van der Waals surface area contributed by atoms with Crippen LogP contribution in [0.4, 0.5) is 20.6 Å².